The van der Waals surface area contributed by atoms with Crippen LogP contribution < -0.4 is 5.32 Å². The summed E-state index contributed by atoms with van der Waals surface area (Å²) in [6, 6.07) is 8.52. The number of hydrogen-bond donors (Lipinski definition) is 1. The van der Waals surface area contributed by atoms with Gasteiger partial charge in [-0.25, -0.2) is 0 Å². The highest BCUT2D eigenvalue weighted by Crippen LogP contribution is 2.29. The number of likely N-dealkylation sites (N-methyl/N-ethyl adjacent to an activating group) is 1. The molecule has 1 aromatic carbocycles. The Bertz CT molecular complexity index is 296. The van der Waals surface area contributed by atoms with E-state index in [2.05, 4.69) is 59.4 Å². The van der Waals surface area contributed by atoms with Crippen LogP contribution in [0.25, 0.3) is 0 Å². The quantitative estimate of drug-likeness (QED) is 0.858. The first-order valence-corrected chi connectivity index (χ1v) is 6.33. The summed E-state index contributed by atoms with van der Waals surface area (Å²) < 4.78 is 1.23. The first kappa shape index (κ1) is 12.7. The van der Waals surface area contributed by atoms with Crippen LogP contribution in [-0.4, -0.2) is 13.6 Å². The van der Waals surface area contributed by atoms with Crippen LogP contribution in [0.15, 0.2) is 28.7 Å². The molecule has 0 amide bonds. The van der Waals surface area contributed by atoms with Crippen LogP contribution in [0.2, 0.25) is 0 Å². The molecular weight excluding hydrogens is 250 g/mol. The van der Waals surface area contributed by atoms with Gasteiger partial charge in [-0.15, -0.1) is 0 Å². The van der Waals surface area contributed by atoms with E-state index in [1.54, 1.807) is 0 Å². The van der Waals surface area contributed by atoms with Gasteiger partial charge in [0.2, 0.25) is 0 Å². The zero-order chi connectivity index (χ0) is 11.3. The zero-order valence-electron chi connectivity index (χ0n) is 9.76. The number of hydrogen-bond acceptors (Lipinski definition) is 1. The molecule has 84 valence electrons. The van der Waals surface area contributed by atoms with Crippen molar-refractivity contribution in [3.63, 3.8) is 0 Å². The second kappa shape index (κ2) is 6.29. The van der Waals surface area contributed by atoms with E-state index in [4.69, 9.17) is 0 Å². The van der Waals surface area contributed by atoms with E-state index >= 15 is 0 Å². The van der Waals surface area contributed by atoms with Crippen LogP contribution in [0.1, 0.15) is 31.7 Å². The predicted molar refractivity (Wildman–Crippen MR) is 70.3 cm³/mol. The Hall–Kier alpha value is -0.340. The molecule has 0 aliphatic rings. The van der Waals surface area contributed by atoms with E-state index in [0.717, 1.165) is 12.5 Å². The largest absolute Gasteiger partial charge is 0.319 e. The van der Waals surface area contributed by atoms with Crippen molar-refractivity contribution in [3.05, 3.63) is 34.3 Å². The average Bonchev–Trinajstić information content (AvgIpc) is 2.17. The summed E-state index contributed by atoms with van der Waals surface area (Å²) in [6.45, 7) is 5.60. The Kier molecular flexibility index (Phi) is 5.34. The summed E-state index contributed by atoms with van der Waals surface area (Å²) in [6.07, 6.45) is 1.23. The van der Waals surface area contributed by atoms with Gasteiger partial charge in [0.15, 0.2) is 0 Å². The van der Waals surface area contributed by atoms with Crippen molar-refractivity contribution >= 4 is 15.9 Å². The number of halogens is 1. The minimum atomic E-state index is 0.602. The highest BCUT2D eigenvalue weighted by atomic mass is 79.9. The monoisotopic (exact) mass is 269 g/mol. The molecule has 0 bridgehead atoms. The van der Waals surface area contributed by atoms with Gasteiger partial charge < -0.3 is 5.32 Å². The zero-order valence-corrected chi connectivity index (χ0v) is 11.3. The summed E-state index contributed by atoms with van der Waals surface area (Å²) >= 11 is 3.63. The lowest BCUT2D eigenvalue weighted by Crippen LogP contribution is -2.19. The third-order valence-corrected chi connectivity index (χ3v) is 3.27. The number of benzene rings is 1. The van der Waals surface area contributed by atoms with Gasteiger partial charge >= 0.3 is 0 Å². The molecule has 0 saturated carbocycles. The van der Waals surface area contributed by atoms with Crippen LogP contribution >= 0.6 is 15.9 Å². The molecule has 0 aliphatic carbocycles. The van der Waals surface area contributed by atoms with Gasteiger partial charge in [-0.1, -0.05) is 48.0 Å². The first-order valence-electron chi connectivity index (χ1n) is 5.54. The molecule has 1 unspecified atom stereocenters. The smallest absolute Gasteiger partial charge is 0.0210 e. The van der Waals surface area contributed by atoms with Crippen molar-refractivity contribution in [2.75, 3.05) is 13.6 Å². The van der Waals surface area contributed by atoms with E-state index in [9.17, 15) is 0 Å². The topological polar surface area (TPSA) is 12.0 Å². The van der Waals surface area contributed by atoms with Crippen molar-refractivity contribution < 1.29 is 0 Å². The van der Waals surface area contributed by atoms with E-state index in [0.29, 0.717) is 5.92 Å². The van der Waals surface area contributed by atoms with Crippen LogP contribution in [0.4, 0.5) is 0 Å². The third-order valence-electron chi connectivity index (χ3n) is 2.55. The lowest BCUT2D eigenvalue weighted by molar-refractivity contribution is 0.483. The van der Waals surface area contributed by atoms with Crippen LogP contribution in [0, 0.1) is 5.92 Å². The summed E-state index contributed by atoms with van der Waals surface area (Å²) in [4.78, 5) is 0. The van der Waals surface area contributed by atoms with Gasteiger partial charge in [-0.05, 0) is 36.9 Å². The molecule has 1 N–H and O–H groups in total. The summed E-state index contributed by atoms with van der Waals surface area (Å²) in [5, 5.41) is 3.28. The molecule has 1 nitrogen and oxygen atoms in total. The van der Waals surface area contributed by atoms with E-state index in [1.165, 1.54) is 16.5 Å². The molecule has 0 radical (unpaired) electrons. The van der Waals surface area contributed by atoms with E-state index < -0.39 is 0 Å². The fraction of sp³-hybridized carbons (Fsp3) is 0.538. The highest BCUT2D eigenvalue weighted by molar-refractivity contribution is 9.10. The fourth-order valence-electron chi connectivity index (χ4n) is 1.94. The summed E-state index contributed by atoms with van der Waals surface area (Å²) in [7, 11) is 2.02. The van der Waals surface area contributed by atoms with E-state index in [-0.39, 0.29) is 0 Å². The molecule has 0 saturated heterocycles. The molecular formula is C13H20BrN. The van der Waals surface area contributed by atoms with Crippen molar-refractivity contribution in [1.29, 1.82) is 0 Å². The SMILES string of the molecule is CNCC(CC(C)C)c1ccccc1Br. The highest BCUT2D eigenvalue weighted by Gasteiger charge is 2.14. The minimum absolute atomic E-state index is 0.602. The molecule has 1 atom stereocenters. The van der Waals surface area contributed by atoms with Crippen LogP contribution in [0.5, 0.6) is 0 Å². The third kappa shape index (κ3) is 3.96. The second-order valence-corrected chi connectivity index (χ2v) is 5.26. The molecule has 0 aliphatic heterocycles. The van der Waals surface area contributed by atoms with Gasteiger partial charge in [0.25, 0.3) is 0 Å². The van der Waals surface area contributed by atoms with Crippen molar-refractivity contribution in [2.45, 2.75) is 26.2 Å². The lowest BCUT2D eigenvalue weighted by Gasteiger charge is -2.20. The molecule has 0 heterocycles. The maximum atomic E-state index is 3.63. The molecule has 15 heavy (non-hydrogen) atoms. The molecule has 0 spiro atoms. The van der Waals surface area contributed by atoms with Gasteiger partial charge in [0, 0.05) is 11.0 Å². The standard InChI is InChI=1S/C13H20BrN/c1-10(2)8-11(9-15-3)12-6-4-5-7-13(12)14/h4-7,10-11,15H,8-9H2,1-3H3. The van der Waals surface area contributed by atoms with Gasteiger partial charge in [0.05, 0.1) is 0 Å². The van der Waals surface area contributed by atoms with Gasteiger partial charge in [-0.3, -0.25) is 0 Å². The predicted octanol–water partition coefficient (Wildman–Crippen LogP) is 3.80. The molecule has 1 rings (SSSR count). The molecule has 2 heteroatoms. The second-order valence-electron chi connectivity index (χ2n) is 4.41. The normalized spacial score (nSPS) is 13.1. The Morgan fingerprint density at radius 2 is 1.93 bits per heavy atom. The van der Waals surface area contributed by atoms with Crippen molar-refractivity contribution in [3.8, 4) is 0 Å². The first-order chi connectivity index (χ1) is 7.15. The van der Waals surface area contributed by atoms with E-state index in [1.807, 2.05) is 7.05 Å². The Morgan fingerprint density at radius 3 is 2.47 bits per heavy atom. The average molecular weight is 270 g/mol. The molecule has 0 fully saturated rings. The Labute approximate surface area is 101 Å². The summed E-state index contributed by atoms with van der Waals surface area (Å²) in [5.41, 5.74) is 1.42. The maximum absolute atomic E-state index is 3.63. The van der Waals surface area contributed by atoms with Crippen LogP contribution in [-0.2, 0) is 0 Å². The summed E-state index contributed by atoms with van der Waals surface area (Å²) in [5.74, 6) is 1.33. The maximum Gasteiger partial charge on any atom is 0.0210 e. The van der Waals surface area contributed by atoms with Crippen LogP contribution in [0.3, 0.4) is 0 Å². The van der Waals surface area contributed by atoms with Gasteiger partial charge in [-0.2, -0.15) is 0 Å². The van der Waals surface area contributed by atoms with Gasteiger partial charge in [0.1, 0.15) is 0 Å². The minimum Gasteiger partial charge on any atom is -0.319 e. The molecule has 0 aromatic heterocycles. The Morgan fingerprint density at radius 1 is 1.27 bits per heavy atom. The lowest BCUT2D eigenvalue weighted by atomic mass is 9.90. The number of nitrogens with one attached hydrogen (secondary N) is 1. The number of rotatable bonds is 5. The Balaban J connectivity index is 2.83. The fourth-order valence-corrected chi connectivity index (χ4v) is 2.55. The van der Waals surface area contributed by atoms with Crippen molar-refractivity contribution in [1.82, 2.24) is 5.32 Å². The van der Waals surface area contributed by atoms with Crippen molar-refractivity contribution in [2.24, 2.45) is 5.92 Å². The molecule has 1 aromatic rings.